The average Bonchev–Trinajstić information content (AvgIpc) is 2.44. The molecule has 15 heavy (non-hydrogen) atoms. The van der Waals surface area contributed by atoms with Crippen molar-refractivity contribution in [2.45, 2.75) is 26.2 Å². The number of halogens is 1. The van der Waals surface area contributed by atoms with Crippen molar-refractivity contribution in [3.63, 3.8) is 0 Å². The molecular weight excluding hydrogens is 210 g/mol. The molecule has 0 bridgehead atoms. The zero-order valence-corrected chi connectivity index (χ0v) is 9.74. The first-order chi connectivity index (χ1) is 7.27. The van der Waals surface area contributed by atoms with E-state index in [1.54, 1.807) is 12.4 Å². The van der Waals surface area contributed by atoms with Gasteiger partial charge in [0.25, 0.3) is 0 Å². The summed E-state index contributed by atoms with van der Waals surface area (Å²) in [5, 5.41) is 0.520. The van der Waals surface area contributed by atoms with Gasteiger partial charge in [0, 0.05) is 25.5 Å². The Morgan fingerprint density at radius 2 is 2.07 bits per heavy atom. The van der Waals surface area contributed by atoms with E-state index in [0.717, 1.165) is 24.8 Å². The predicted molar refractivity (Wildman–Crippen MR) is 62.3 cm³/mol. The molecule has 4 heteroatoms. The normalized spacial score (nSPS) is 22.5. The fourth-order valence-electron chi connectivity index (χ4n) is 2.00. The van der Waals surface area contributed by atoms with Crippen molar-refractivity contribution in [3.8, 4) is 0 Å². The SMILES string of the molecule is CC1CCCN(c2nccnc2Cl)CC1. The van der Waals surface area contributed by atoms with Crippen molar-refractivity contribution in [1.29, 1.82) is 0 Å². The van der Waals surface area contributed by atoms with Crippen LogP contribution in [0.2, 0.25) is 5.15 Å². The average molecular weight is 226 g/mol. The van der Waals surface area contributed by atoms with Gasteiger partial charge in [-0.15, -0.1) is 0 Å². The quantitative estimate of drug-likeness (QED) is 0.736. The molecule has 0 amide bonds. The predicted octanol–water partition coefficient (Wildman–Crippen LogP) is 2.76. The number of nitrogens with zero attached hydrogens (tertiary/aromatic N) is 3. The lowest BCUT2D eigenvalue weighted by molar-refractivity contribution is 0.521. The van der Waals surface area contributed by atoms with E-state index >= 15 is 0 Å². The van der Waals surface area contributed by atoms with Crippen LogP contribution in [-0.4, -0.2) is 23.1 Å². The third-order valence-electron chi connectivity index (χ3n) is 2.95. The third-order valence-corrected chi connectivity index (χ3v) is 3.22. The van der Waals surface area contributed by atoms with Gasteiger partial charge in [0.05, 0.1) is 0 Å². The van der Waals surface area contributed by atoms with Crippen molar-refractivity contribution < 1.29 is 0 Å². The highest BCUT2D eigenvalue weighted by Crippen LogP contribution is 2.24. The van der Waals surface area contributed by atoms with E-state index < -0.39 is 0 Å². The molecule has 2 rings (SSSR count). The van der Waals surface area contributed by atoms with Gasteiger partial charge in [-0.2, -0.15) is 0 Å². The first-order valence-electron chi connectivity index (χ1n) is 5.49. The van der Waals surface area contributed by atoms with Gasteiger partial charge in [-0.05, 0) is 25.2 Å². The molecule has 0 aromatic carbocycles. The summed E-state index contributed by atoms with van der Waals surface area (Å²) in [6.07, 6.45) is 7.07. The lowest BCUT2D eigenvalue weighted by Gasteiger charge is -2.21. The summed E-state index contributed by atoms with van der Waals surface area (Å²) in [6.45, 7) is 4.39. The second-order valence-corrected chi connectivity index (χ2v) is 4.55. The highest BCUT2D eigenvalue weighted by molar-refractivity contribution is 6.31. The number of anilines is 1. The zero-order valence-electron chi connectivity index (χ0n) is 8.99. The van der Waals surface area contributed by atoms with Crippen LogP contribution in [0.5, 0.6) is 0 Å². The van der Waals surface area contributed by atoms with Gasteiger partial charge in [0.1, 0.15) is 0 Å². The van der Waals surface area contributed by atoms with Crippen LogP contribution in [0.1, 0.15) is 26.2 Å². The molecule has 1 fully saturated rings. The minimum atomic E-state index is 0.520. The molecule has 2 heterocycles. The van der Waals surface area contributed by atoms with Gasteiger partial charge in [0.2, 0.25) is 0 Å². The summed E-state index contributed by atoms with van der Waals surface area (Å²) < 4.78 is 0. The fourth-order valence-corrected chi connectivity index (χ4v) is 2.23. The van der Waals surface area contributed by atoms with Crippen LogP contribution in [0, 0.1) is 5.92 Å². The second kappa shape index (κ2) is 4.79. The molecular formula is C11H16ClN3. The molecule has 0 aliphatic carbocycles. The smallest absolute Gasteiger partial charge is 0.171 e. The molecule has 3 nitrogen and oxygen atoms in total. The minimum absolute atomic E-state index is 0.520. The first-order valence-corrected chi connectivity index (χ1v) is 5.86. The molecule has 1 aliphatic heterocycles. The Kier molecular flexibility index (Phi) is 3.41. The maximum Gasteiger partial charge on any atom is 0.171 e. The Labute approximate surface area is 95.5 Å². The second-order valence-electron chi connectivity index (χ2n) is 4.19. The van der Waals surface area contributed by atoms with E-state index in [9.17, 15) is 0 Å². The summed E-state index contributed by atoms with van der Waals surface area (Å²) >= 11 is 6.03. The molecule has 1 saturated heterocycles. The molecule has 0 spiro atoms. The minimum Gasteiger partial charge on any atom is -0.354 e. The Balaban J connectivity index is 2.13. The van der Waals surface area contributed by atoms with Gasteiger partial charge in [-0.25, -0.2) is 9.97 Å². The van der Waals surface area contributed by atoms with Crippen LogP contribution in [0.3, 0.4) is 0 Å². The largest absolute Gasteiger partial charge is 0.354 e. The van der Waals surface area contributed by atoms with Crippen LogP contribution < -0.4 is 4.90 Å². The van der Waals surface area contributed by atoms with E-state index in [0.29, 0.717) is 5.15 Å². The number of hydrogen-bond donors (Lipinski definition) is 0. The summed E-state index contributed by atoms with van der Waals surface area (Å²) in [7, 11) is 0. The van der Waals surface area contributed by atoms with Gasteiger partial charge in [0.15, 0.2) is 11.0 Å². The summed E-state index contributed by atoms with van der Waals surface area (Å²) in [5.41, 5.74) is 0. The Morgan fingerprint density at radius 1 is 1.27 bits per heavy atom. The van der Waals surface area contributed by atoms with Crippen LogP contribution in [0.25, 0.3) is 0 Å². The van der Waals surface area contributed by atoms with Crippen molar-refractivity contribution >= 4 is 17.4 Å². The van der Waals surface area contributed by atoms with Gasteiger partial charge >= 0.3 is 0 Å². The maximum atomic E-state index is 6.03. The Hall–Kier alpha value is -0.830. The van der Waals surface area contributed by atoms with Gasteiger partial charge in [-0.1, -0.05) is 18.5 Å². The van der Waals surface area contributed by atoms with Crippen LogP contribution in [0.4, 0.5) is 5.82 Å². The molecule has 0 saturated carbocycles. The molecule has 1 unspecified atom stereocenters. The molecule has 1 aromatic rings. The summed E-state index contributed by atoms with van der Waals surface area (Å²) in [6, 6.07) is 0. The monoisotopic (exact) mass is 225 g/mol. The number of hydrogen-bond acceptors (Lipinski definition) is 3. The first kappa shape index (κ1) is 10.7. The Morgan fingerprint density at radius 3 is 2.87 bits per heavy atom. The highest BCUT2D eigenvalue weighted by atomic mass is 35.5. The van der Waals surface area contributed by atoms with Gasteiger partial charge in [-0.3, -0.25) is 0 Å². The summed E-state index contributed by atoms with van der Waals surface area (Å²) in [4.78, 5) is 10.6. The van der Waals surface area contributed by atoms with Crippen LogP contribution in [-0.2, 0) is 0 Å². The molecule has 1 atom stereocenters. The third kappa shape index (κ3) is 2.59. The lowest BCUT2D eigenvalue weighted by atomic mass is 10.0. The number of rotatable bonds is 1. The highest BCUT2D eigenvalue weighted by Gasteiger charge is 2.17. The molecule has 1 aromatic heterocycles. The van der Waals surface area contributed by atoms with Crippen LogP contribution in [0.15, 0.2) is 12.4 Å². The summed E-state index contributed by atoms with van der Waals surface area (Å²) in [5.74, 6) is 1.65. The van der Waals surface area contributed by atoms with Gasteiger partial charge < -0.3 is 4.90 Å². The standard InChI is InChI=1S/C11H16ClN3/c1-9-3-2-7-15(8-4-9)11-10(12)13-5-6-14-11/h5-6,9H,2-4,7-8H2,1H3. The van der Waals surface area contributed by atoms with E-state index in [2.05, 4.69) is 21.8 Å². The van der Waals surface area contributed by atoms with Crippen LogP contribution >= 0.6 is 11.6 Å². The van der Waals surface area contributed by atoms with E-state index in [4.69, 9.17) is 11.6 Å². The van der Waals surface area contributed by atoms with Crippen molar-refractivity contribution in [1.82, 2.24) is 9.97 Å². The zero-order chi connectivity index (χ0) is 10.7. The number of aromatic nitrogens is 2. The van der Waals surface area contributed by atoms with E-state index in [-0.39, 0.29) is 0 Å². The molecule has 0 N–H and O–H groups in total. The molecule has 0 radical (unpaired) electrons. The maximum absolute atomic E-state index is 6.03. The molecule has 1 aliphatic rings. The van der Waals surface area contributed by atoms with E-state index in [1.807, 2.05) is 0 Å². The van der Waals surface area contributed by atoms with E-state index in [1.165, 1.54) is 19.3 Å². The topological polar surface area (TPSA) is 29.0 Å². The molecule has 82 valence electrons. The van der Waals surface area contributed by atoms with Crippen molar-refractivity contribution in [2.75, 3.05) is 18.0 Å². The fraction of sp³-hybridized carbons (Fsp3) is 0.636. The lowest BCUT2D eigenvalue weighted by Crippen LogP contribution is -2.25. The van der Waals surface area contributed by atoms with Crippen molar-refractivity contribution in [2.24, 2.45) is 5.92 Å². The van der Waals surface area contributed by atoms with Crippen molar-refractivity contribution in [3.05, 3.63) is 17.5 Å². The Bertz CT molecular complexity index is 329.